The van der Waals surface area contributed by atoms with Gasteiger partial charge in [-0.05, 0) is 42.5 Å². The molecule has 4 rings (SSSR count). The molecule has 2 aromatic carbocycles. The third kappa shape index (κ3) is 4.13. The minimum atomic E-state index is -0.172. The molecule has 0 atom stereocenters. The zero-order chi connectivity index (χ0) is 19.5. The molecule has 0 bridgehead atoms. The van der Waals surface area contributed by atoms with Crippen LogP contribution in [-0.4, -0.2) is 28.1 Å². The number of methoxy groups -OCH3 is 1. The van der Waals surface area contributed by atoms with E-state index in [-0.39, 0.29) is 12.3 Å². The summed E-state index contributed by atoms with van der Waals surface area (Å²) in [5.41, 5.74) is 1.61. The summed E-state index contributed by atoms with van der Waals surface area (Å²) < 4.78 is 11.3. The van der Waals surface area contributed by atoms with E-state index in [2.05, 4.69) is 20.4 Å². The molecule has 0 unspecified atom stereocenters. The highest BCUT2D eigenvalue weighted by atomic mass is 35.5. The highest BCUT2D eigenvalue weighted by Crippen LogP contribution is 2.28. The van der Waals surface area contributed by atoms with Crippen LogP contribution < -0.4 is 10.1 Å². The SMILES string of the molecule is COc1ccc(-c2noc(CCC(=O)Nc3nc4ccc(Cl)cc4s3)n2)cc1. The Hall–Kier alpha value is -2.97. The number of rotatable bonds is 6. The summed E-state index contributed by atoms with van der Waals surface area (Å²) in [6.07, 6.45) is 0.548. The van der Waals surface area contributed by atoms with Crippen molar-refractivity contribution in [2.24, 2.45) is 0 Å². The van der Waals surface area contributed by atoms with Crippen molar-refractivity contribution < 1.29 is 14.1 Å². The average molecular weight is 415 g/mol. The maximum atomic E-state index is 12.2. The van der Waals surface area contributed by atoms with Gasteiger partial charge in [-0.2, -0.15) is 4.98 Å². The van der Waals surface area contributed by atoms with E-state index in [0.717, 1.165) is 21.5 Å². The maximum absolute atomic E-state index is 12.2. The minimum Gasteiger partial charge on any atom is -0.497 e. The topological polar surface area (TPSA) is 90.1 Å². The molecule has 1 N–H and O–H groups in total. The number of halogens is 1. The van der Waals surface area contributed by atoms with Crippen LogP contribution in [0.25, 0.3) is 21.6 Å². The van der Waals surface area contributed by atoms with Gasteiger partial charge in [0.15, 0.2) is 5.13 Å². The van der Waals surface area contributed by atoms with Crippen molar-refractivity contribution >= 4 is 44.2 Å². The maximum Gasteiger partial charge on any atom is 0.227 e. The first-order valence-corrected chi connectivity index (χ1v) is 9.63. The molecule has 2 heterocycles. The number of ether oxygens (including phenoxy) is 1. The number of aromatic nitrogens is 3. The number of anilines is 1. The van der Waals surface area contributed by atoms with Gasteiger partial charge in [0.2, 0.25) is 17.6 Å². The number of nitrogens with zero attached hydrogens (tertiary/aromatic N) is 3. The number of thiazole rings is 1. The number of benzene rings is 2. The number of hydrogen-bond acceptors (Lipinski definition) is 7. The molecule has 4 aromatic rings. The highest BCUT2D eigenvalue weighted by molar-refractivity contribution is 7.22. The second kappa shape index (κ2) is 7.95. The number of amides is 1. The average Bonchev–Trinajstić information content (AvgIpc) is 3.32. The van der Waals surface area contributed by atoms with Gasteiger partial charge in [0.25, 0.3) is 0 Å². The largest absolute Gasteiger partial charge is 0.497 e. The van der Waals surface area contributed by atoms with Crippen molar-refractivity contribution in [3.05, 3.63) is 53.4 Å². The lowest BCUT2D eigenvalue weighted by atomic mass is 10.2. The molecule has 0 fully saturated rings. The summed E-state index contributed by atoms with van der Waals surface area (Å²) in [6.45, 7) is 0. The van der Waals surface area contributed by atoms with E-state index in [1.165, 1.54) is 11.3 Å². The van der Waals surface area contributed by atoms with Crippen molar-refractivity contribution in [3.8, 4) is 17.1 Å². The van der Waals surface area contributed by atoms with Crippen LogP contribution in [-0.2, 0) is 11.2 Å². The molecule has 0 saturated heterocycles. The Morgan fingerprint density at radius 1 is 1.21 bits per heavy atom. The summed E-state index contributed by atoms with van der Waals surface area (Å²) in [5.74, 6) is 1.45. The smallest absolute Gasteiger partial charge is 0.227 e. The Morgan fingerprint density at radius 3 is 2.82 bits per heavy atom. The highest BCUT2D eigenvalue weighted by Gasteiger charge is 2.12. The van der Waals surface area contributed by atoms with Crippen molar-refractivity contribution in [2.45, 2.75) is 12.8 Å². The summed E-state index contributed by atoms with van der Waals surface area (Å²) in [5, 5.41) is 7.92. The van der Waals surface area contributed by atoms with Crippen LogP contribution in [0.3, 0.4) is 0 Å². The van der Waals surface area contributed by atoms with Gasteiger partial charge in [-0.3, -0.25) is 4.79 Å². The molecular formula is C19H15ClN4O3S. The number of fused-ring (bicyclic) bond motifs is 1. The Bertz CT molecular complexity index is 1120. The van der Waals surface area contributed by atoms with Gasteiger partial charge in [-0.25, -0.2) is 4.98 Å². The second-order valence-electron chi connectivity index (χ2n) is 5.92. The van der Waals surface area contributed by atoms with Crippen LogP contribution in [0.15, 0.2) is 47.0 Å². The molecule has 1 amide bonds. The quantitative estimate of drug-likeness (QED) is 0.496. The van der Waals surface area contributed by atoms with E-state index >= 15 is 0 Å². The third-order valence-corrected chi connectivity index (χ3v) is 5.15. The fourth-order valence-corrected chi connectivity index (χ4v) is 3.73. The van der Waals surface area contributed by atoms with E-state index in [1.54, 1.807) is 13.2 Å². The van der Waals surface area contributed by atoms with Gasteiger partial charge in [0.1, 0.15) is 5.75 Å². The first-order chi connectivity index (χ1) is 13.6. The van der Waals surface area contributed by atoms with Crippen LogP contribution in [0.4, 0.5) is 5.13 Å². The molecule has 2 aromatic heterocycles. The van der Waals surface area contributed by atoms with Crippen LogP contribution in [0.2, 0.25) is 5.02 Å². The number of hydrogen-bond donors (Lipinski definition) is 1. The molecule has 0 aliphatic rings. The predicted molar refractivity (Wildman–Crippen MR) is 108 cm³/mol. The van der Waals surface area contributed by atoms with E-state index in [4.69, 9.17) is 20.9 Å². The van der Waals surface area contributed by atoms with E-state index in [9.17, 15) is 4.79 Å². The summed E-state index contributed by atoms with van der Waals surface area (Å²) in [7, 11) is 1.61. The van der Waals surface area contributed by atoms with Crippen LogP contribution >= 0.6 is 22.9 Å². The van der Waals surface area contributed by atoms with Gasteiger partial charge in [-0.1, -0.05) is 28.1 Å². The van der Waals surface area contributed by atoms with Gasteiger partial charge < -0.3 is 14.6 Å². The molecule has 28 heavy (non-hydrogen) atoms. The van der Waals surface area contributed by atoms with E-state index < -0.39 is 0 Å². The molecule has 0 aliphatic heterocycles. The fraction of sp³-hybridized carbons (Fsp3) is 0.158. The molecule has 9 heteroatoms. The summed E-state index contributed by atoms with van der Waals surface area (Å²) in [4.78, 5) is 20.9. The standard InChI is InChI=1S/C19H15ClN4O3S/c1-26-13-5-2-11(3-6-13)18-23-17(27-24-18)9-8-16(25)22-19-21-14-7-4-12(20)10-15(14)28-19/h2-7,10H,8-9H2,1H3,(H,21,22,25). The van der Waals surface area contributed by atoms with Crippen molar-refractivity contribution in [2.75, 3.05) is 12.4 Å². The number of carbonyl (C=O) groups excluding carboxylic acids is 1. The minimum absolute atomic E-state index is 0.172. The lowest BCUT2D eigenvalue weighted by Gasteiger charge is -1.99. The fourth-order valence-electron chi connectivity index (χ4n) is 2.57. The summed E-state index contributed by atoms with van der Waals surface area (Å²) in [6, 6.07) is 12.8. The Kier molecular flexibility index (Phi) is 5.23. The zero-order valence-electron chi connectivity index (χ0n) is 14.8. The molecule has 0 spiro atoms. The van der Waals surface area contributed by atoms with Crippen molar-refractivity contribution in [1.82, 2.24) is 15.1 Å². The second-order valence-corrected chi connectivity index (χ2v) is 7.39. The first-order valence-electron chi connectivity index (χ1n) is 8.43. The molecular weight excluding hydrogens is 400 g/mol. The van der Waals surface area contributed by atoms with E-state index in [0.29, 0.717) is 28.3 Å². The Balaban J connectivity index is 1.36. The van der Waals surface area contributed by atoms with E-state index in [1.807, 2.05) is 36.4 Å². The van der Waals surface area contributed by atoms with Crippen LogP contribution in [0.1, 0.15) is 12.3 Å². The zero-order valence-corrected chi connectivity index (χ0v) is 16.4. The summed E-state index contributed by atoms with van der Waals surface area (Å²) >= 11 is 7.35. The number of carbonyl (C=O) groups is 1. The lowest BCUT2D eigenvalue weighted by Crippen LogP contribution is -2.12. The Labute approximate surface area is 169 Å². The molecule has 0 saturated carbocycles. The molecule has 142 valence electrons. The number of nitrogens with one attached hydrogen (secondary N) is 1. The van der Waals surface area contributed by atoms with Crippen molar-refractivity contribution in [1.29, 1.82) is 0 Å². The van der Waals surface area contributed by atoms with Crippen LogP contribution in [0, 0.1) is 0 Å². The monoisotopic (exact) mass is 414 g/mol. The van der Waals surface area contributed by atoms with Crippen LogP contribution in [0.5, 0.6) is 5.75 Å². The molecule has 0 radical (unpaired) electrons. The van der Waals surface area contributed by atoms with Gasteiger partial charge in [-0.15, -0.1) is 0 Å². The lowest BCUT2D eigenvalue weighted by molar-refractivity contribution is -0.116. The Morgan fingerprint density at radius 2 is 2.04 bits per heavy atom. The third-order valence-electron chi connectivity index (χ3n) is 3.98. The normalized spacial score (nSPS) is 10.9. The van der Waals surface area contributed by atoms with Gasteiger partial charge in [0.05, 0.1) is 17.3 Å². The first kappa shape index (κ1) is 18.4. The van der Waals surface area contributed by atoms with Gasteiger partial charge in [0, 0.05) is 23.4 Å². The molecule has 7 nitrogen and oxygen atoms in total. The number of aryl methyl sites for hydroxylation is 1. The van der Waals surface area contributed by atoms with Gasteiger partial charge >= 0.3 is 0 Å². The van der Waals surface area contributed by atoms with Crippen molar-refractivity contribution in [3.63, 3.8) is 0 Å². The predicted octanol–water partition coefficient (Wildman–Crippen LogP) is 4.58. The molecule has 0 aliphatic carbocycles.